The highest BCUT2D eigenvalue weighted by atomic mass is 19.1. The third-order valence-electron chi connectivity index (χ3n) is 5.64. The highest BCUT2D eigenvalue weighted by Crippen LogP contribution is 2.42. The molecule has 8 heteroatoms. The quantitative estimate of drug-likeness (QED) is 0.210. The number of amides is 1. The summed E-state index contributed by atoms with van der Waals surface area (Å²) in [5.74, 6) is -1.32. The first-order valence-corrected chi connectivity index (χ1v) is 11.1. The first-order valence-electron chi connectivity index (χ1n) is 11.1. The standard InChI is InChI=1S/C26H25FN2O5/c1-3-4-5-14-33-20-12-8-17(9-13-20)23-22(24(30)18-6-10-19(27)11-7-18)25(31)26(32)29(23)21-15-16(2)34-28-21/h6-13,15,23,30H,3-5,14H2,1-2H3/t23-/m0/s1. The van der Waals surface area contributed by atoms with Crippen LogP contribution in [0, 0.1) is 12.7 Å². The fraction of sp³-hybridized carbons (Fsp3) is 0.269. The molecule has 1 aromatic heterocycles. The van der Waals surface area contributed by atoms with Gasteiger partial charge in [0.15, 0.2) is 5.82 Å². The maximum atomic E-state index is 13.4. The van der Waals surface area contributed by atoms with E-state index in [4.69, 9.17) is 9.26 Å². The van der Waals surface area contributed by atoms with Crippen LogP contribution in [0.2, 0.25) is 0 Å². The van der Waals surface area contributed by atoms with Crippen LogP contribution in [0.1, 0.15) is 49.1 Å². The van der Waals surface area contributed by atoms with Gasteiger partial charge in [-0.3, -0.25) is 14.5 Å². The van der Waals surface area contributed by atoms with E-state index in [-0.39, 0.29) is 17.0 Å². The van der Waals surface area contributed by atoms with Crippen molar-refractivity contribution in [2.24, 2.45) is 0 Å². The summed E-state index contributed by atoms with van der Waals surface area (Å²) in [4.78, 5) is 27.3. The van der Waals surface area contributed by atoms with Gasteiger partial charge >= 0.3 is 5.91 Å². The molecular formula is C26H25FN2O5. The number of benzene rings is 2. The van der Waals surface area contributed by atoms with Crippen LogP contribution in [0.4, 0.5) is 10.2 Å². The Morgan fingerprint density at radius 2 is 1.82 bits per heavy atom. The summed E-state index contributed by atoms with van der Waals surface area (Å²) in [6.45, 7) is 4.38. The minimum Gasteiger partial charge on any atom is -0.507 e. The second-order valence-corrected chi connectivity index (χ2v) is 8.10. The average Bonchev–Trinajstić information content (AvgIpc) is 3.37. The third kappa shape index (κ3) is 4.57. The predicted molar refractivity (Wildman–Crippen MR) is 124 cm³/mol. The van der Waals surface area contributed by atoms with E-state index < -0.39 is 29.3 Å². The van der Waals surface area contributed by atoms with Crippen LogP contribution in [-0.4, -0.2) is 28.6 Å². The lowest BCUT2D eigenvalue weighted by molar-refractivity contribution is -0.132. The second-order valence-electron chi connectivity index (χ2n) is 8.10. The molecule has 1 aliphatic rings. The number of aliphatic hydroxyl groups is 1. The minimum absolute atomic E-state index is 0.117. The molecule has 0 aliphatic carbocycles. The summed E-state index contributed by atoms with van der Waals surface area (Å²) in [5.41, 5.74) is 0.676. The van der Waals surface area contributed by atoms with Crippen molar-refractivity contribution in [3.05, 3.63) is 82.9 Å². The highest BCUT2D eigenvalue weighted by molar-refractivity contribution is 6.51. The van der Waals surface area contributed by atoms with Gasteiger partial charge in [-0.2, -0.15) is 0 Å². The Hall–Kier alpha value is -3.94. The van der Waals surface area contributed by atoms with E-state index in [0.717, 1.165) is 19.3 Å². The van der Waals surface area contributed by atoms with Crippen molar-refractivity contribution in [1.29, 1.82) is 0 Å². The monoisotopic (exact) mass is 464 g/mol. The highest BCUT2D eigenvalue weighted by Gasteiger charge is 2.48. The lowest BCUT2D eigenvalue weighted by Crippen LogP contribution is -2.29. The van der Waals surface area contributed by atoms with Crippen LogP contribution < -0.4 is 9.64 Å². The molecule has 2 aromatic carbocycles. The number of ether oxygens (including phenoxy) is 1. The van der Waals surface area contributed by atoms with E-state index >= 15 is 0 Å². The van der Waals surface area contributed by atoms with Crippen LogP contribution in [0.25, 0.3) is 5.76 Å². The van der Waals surface area contributed by atoms with Gasteiger partial charge < -0.3 is 14.4 Å². The van der Waals surface area contributed by atoms with Crippen LogP contribution >= 0.6 is 0 Å². The number of rotatable bonds is 8. The van der Waals surface area contributed by atoms with Crippen LogP contribution in [0.15, 0.2) is 64.7 Å². The number of carbonyl (C=O) groups is 2. The van der Waals surface area contributed by atoms with Crippen molar-refractivity contribution >= 4 is 23.3 Å². The number of aryl methyl sites for hydroxylation is 1. The number of anilines is 1. The lowest BCUT2D eigenvalue weighted by Gasteiger charge is -2.23. The number of aromatic nitrogens is 1. The number of ketones is 1. The van der Waals surface area contributed by atoms with E-state index in [1.807, 2.05) is 0 Å². The summed E-state index contributed by atoms with van der Waals surface area (Å²) < 4.78 is 24.3. The number of halogens is 1. The first kappa shape index (κ1) is 23.2. The smallest absolute Gasteiger partial charge is 0.301 e. The molecule has 0 saturated carbocycles. The van der Waals surface area contributed by atoms with Crippen molar-refractivity contribution in [2.75, 3.05) is 11.5 Å². The first-order chi connectivity index (χ1) is 16.4. The number of Topliss-reactive ketones (excluding diaryl/α,β-unsaturated/α-hetero) is 1. The summed E-state index contributed by atoms with van der Waals surface area (Å²) in [5, 5.41) is 14.9. The predicted octanol–water partition coefficient (Wildman–Crippen LogP) is 5.32. The third-order valence-corrected chi connectivity index (χ3v) is 5.64. The fourth-order valence-corrected chi connectivity index (χ4v) is 3.90. The van der Waals surface area contributed by atoms with Crippen molar-refractivity contribution in [3.63, 3.8) is 0 Å². The molecule has 0 radical (unpaired) electrons. The molecule has 4 rings (SSSR count). The molecule has 1 N–H and O–H groups in total. The largest absolute Gasteiger partial charge is 0.507 e. The Morgan fingerprint density at radius 1 is 1.12 bits per heavy atom. The number of hydrogen-bond donors (Lipinski definition) is 1. The number of aliphatic hydroxyl groups excluding tert-OH is 1. The van der Waals surface area contributed by atoms with Gasteiger partial charge in [-0.05, 0) is 55.3 Å². The zero-order valence-electron chi connectivity index (χ0n) is 19.0. The fourth-order valence-electron chi connectivity index (χ4n) is 3.90. The van der Waals surface area contributed by atoms with Crippen LogP contribution in [-0.2, 0) is 9.59 Å². The van der Waals surface area contributed by atoms with E-state index in [1.54, 1.807) is 37.3 Å². The van der Waals surface area contributed by atoms with Gasteiger partial charge in [-0.25, -0.2) is 4.39 Å². The average molecular weight is 464 g/mol. The second kappa shape index (κ2) is 9.91. The molecule has 1 fully saturated rings. The number of hydrogen-bond acceptors (Lipinski definition) is 6. The van der Waals surface area contributed by atoms with Gasteiger partial charge in [0.05, 0.1) is 18.2 Å². The molecule has 7 nitrogen and oxygen atoms in total. The van der Waals surface area contributed by atoms with Gasteiger partial charge in [0.25, 0.3) is 5.78 Å². The lowest BCUT2D eigenvalue weighted by atomic mass is 9.95. The molecule has 176 valence electrons. The molecule has 0 unspecified atom stereocenters. The SMILES string of the molecule is CCCCCOc1ccc([C@H]2C(=C(O)c3ccc(F)cc3)C(=O)C(=O)N2c2cc(C)on2)cc1. The Labute approximate surface area is 196 Å². The van der Waals surface area contributed by atoms with Crippen LogP contribution in [0.3, 0.4) is 0 Å². The summed E-state index contributed by atoms with van der Waals surface area (Å²) in [6.07, 6.45) is 3.12. The number of unbranched alkanes of at least 4 members (excludes halogenated alkanes) is 2. The zero-order valence-corrected chi connectivity index (χ0v) is 19.0. The normalized spacial score (nSPS) is 17.4. The van der Waals surface area contributed by atoms with Gasteiger partial charge in [0, 0.05) is 11.6 Å². The molecule has 0 spiro atoms. The van der Waals surface area contributed by atoms with Gasteiger partial charge in [0.1, 0.15) is 23.1 Å². The Bertz CT molecular complexity index is 1210. The van der Waals surface area contributed by atoms with Gasteiger partial charge in [-0.15, -0.1) is 0 Å². The molecule has 2 heterocycles. The van der Waals surface area contributed by atoms with E-state index in [9.17, 15) is 19.1 Å². The van der Waals surface area contributed by atoms with E-state index in [0.29, 0.717) is 23.7 Å². The molecule has 3 aromatic rings. The molecule has 34 heavy (non-hydrogen) atoms. The maximum absolute atomic E-state index is 13.4. The minimum atomic E-state index is -0.955. The zero-order chi connectivity index (χ0) is 24.2. The van der Waals surface area contributed by atoms with Gasteiger partial charge in [0.2, 0.25) is 0 Å². The molecule has 1 atom stereocenters. The van der Waals surface area contributed by atoms with E-state index in [2.05, 4.69) is 12.1 Å². The number of nitrogens with zero attached hydrogens (tertiary/aromatic N) is 2. The summed E-state index contributed by atoms with van der Waals surface area (Å²) in [7, 11) is 0. The molecular weight excluding hydrogens is 439 g/mol. The van der Waals surface area contributed by atoms with Crippen LogP contribution in [0.5, 0.6) is 5.75 Å². The Morgan fingerprint density at radius 3 is 2.44 bits per heavy atom. The molecule has 1 amide bonds. The molecule has 1 aliphatic heterocycles. The Kier molecular flexibility index (Phi) is 6.77. The Balaban J connectivity index is 1.76. The summed E-state index contributed by atoms with van der Waals surface area (Å²) in [6, 6.07) is 12.6. The molecule has 0 bridgehead atoms. The van der Waals surface area contributed by atoms with Crippen molar-refractivity contribution in [2.45, 2.75) is 39.2 Å². The maximum Gasteiger partial charge on any atom is 0.301 e. The molecule has 1 saturated heterocycles. The van der Waals surface area contributed by atoms with Crippen molar-refractivity contribution in [1.82, 2.24) is 5.16 Å². The summed E-state index contributed by atoms with van der Waals surface area (Å²) >= 11 is 0. The topological polar surface area (TPSA) is 92.9 Å². The van der Waals surface area contributed by atoms with Gasteiger partial charge in [-0.1, -0.05) is 37.1 Å². The van der Waals surface area contributed by atoms with E-state index in [1.165, 1.54) is 29.2 Å². The van der Waals surface area contributed by atoms with Crippen molar-refractivity contribution < 1.29 is 28.3 Å². The van der Waals surface area contributed by atoms with Crippen molar-refractivity contribution in [3.8, 4) is 5.75 Å². The number of carbonyl (C=O) groups excluding carboxylic acids is 2.